The molecular weight excluding hydrogens is 483 g/mol. The van der Waals surface area contributed by atoms with E-state index in [0.717, 1.165) is 16.2 Å². The van der Waals surface area contributed by atoms with E-state index in [1.807, 2.05) is 12.1 Å². The fourth-order valence-corrected chi connectivity index (χ4v) is 4.79. The molecule has 1 aliphatic rings. The Kier molecular flexibility index (Phi) is 5.61. The Balaban J connectivity index is 1.55. The van der Waals surface area contributed by atoms with Gasteiger partial charge in [0.15, 0.2) is 0 Å². The molecule has 3 heterocycles. The van der Waals surface area contributed by atoms with Crippen molar-refractivity contribution >= 4 is 31.8 Å². The summed E-state index contributed by atoms with van der Waals surface area (Å²) in [7, 11) is -3.79. The first-order valence-electron chi connectivity index (χ1n) is 9.71. The predicted octanol–water partition coefficient (Wildman–Crippen LogP) is 4.86. The highest BCUT2D eigenvalue weighted by Crippen LogP contribution is 2.44. The van der Waals surface area contributed by atoms with E-state index in [1.54, 1.807) is 30.5 Å². The van der Waals surface area contributed by atoms with Crippen molar-refractivity contribution in [2.24, 2.45) is 0 Å². The van der Waals surface area contributed by atoms with Gasteiger partial charge in [-0.1, -0.05) is 32.9 Å². The highest BCUT2D eigenvalue weighted by atomic mass is 79.9. The number of nitrogens with zero attached hydrogens (tertiary/aromatic N) is 2. The molecule has 2 aromatic heterocycles. The van der Waals surface area contributed by atoms with Crippen molar-refractivity contribution < 1.29 is 12.8 Å². The molecule has 6 nitrogen and oxygen atoms in total. The molecule has 162 valence electrons. The summed E-state index contributed by atoms with van der Waals surface area (Å²) in [6, 6.07) is 11.3. The highest BCUT2D eigenvalue weighted by Gasteiger charge is 2.41. The lowest BCUT2D eigenvalue weighted by atomic mass is 9.87. The minimum atomic E-state index is -3.79. The first kappa shape index (κ1) is 21.9. The van der Waals surface area contributed by atoms with Gasteiger partial charge in [0.1, 0.15) is 11.6 Å². The topological polar surface area (TPSA) is 93.9 Å². The molecule has 2 atom stereocenters. The Labute approximate surface area is 189 Å². The normalized spacial score (nSPS) is 18.6. The predicted molar refractivity (Wildman–Crippen MR) is 121 cm³/mol. The van der Waals surface area contributed by atoms with Crippen LogP contribution in [0.25, 0.3) is 0 Å². The largest absolute Gasteiger partial charge is 0.298 e. The van der Waals surface area contributed by atoms with Crippen molar-refractivity contribution in [2.45, 2.75) is 43.2 Å². The van der Waals surface area contributed by atoms with E-state index in [2.05, 4.69) is 56.7 Å². The molecule has 1 aromatic carbocycles. The second kappa shape index (κ2) is 7.96. The van der Waals surface area contributed by atoms with Crippen molar-refractivity contribution in [3.8, 4) is 0 Å². The summed E-state index contributed by atoms with van der Waals surface area (Å²) in [6.07, 6.45) is 2.75. The number of nitrogens with one attached hydrogen (secondary N) is 2. The molecule has 3 aromatic rings. The molecular formula is C22H22BrFN4O2S. The van der Waals surface area contributed by atoms with Crippen LogP contribution in [0.3, 0.4) is 0 Å². The van der Waals surface area contributed by atoms with E-state index < -0.39 is 15.8 Å². The lowest BCUT2D eigenvalue weighted by Gasteiger charge is -2.19. The van der Waals surface area contributed by atoms with Crippen molar-refractivity contribution in [1.82, 2.24) is 15.3 Å². The van der Waals surface area contributed by atoms with Gasteiger partial charge < -0.3 is 0 Å². The number of pyridine rings is 2. The second-order valence-corrected chi connectivity index (χ2v) is 11.0. The molecule has 0 bridgehead atoms. The maximum absolute atomic E-state index is 13.5. The summed E-state index contributed by atoms with van der Waals surface area (Å²) in [5.74, 6) is -0.195. The summed E-state index contributed by atoms with van der Waals surface area (Å²) in [4.78, 5) is 8.53. The van der Waals surface area contributed by atoms with E-state index in [4.69, 9.17) is 0 Å². The Morgan fingerprint density at radius 1 is 1.06 bits per heavy atom. The molecule has 0 saturated carbocycles. The molecule has 31 heavy (non-hydrogen) atoms. The third-order valence-corrected chi connectivity index (χ3v) is 7.15. The molecule has 1 saturated heterocycles. The fourth-order valence-electron chi connectivity index (χ4n) is 3.33. The molecule has 0 spiro atoms. The number of hydrogen-bond acceptors (Lipinski definition) is 5. The highest BCUT2D eigenvalue weighted by molar-refractivity contribution is 9.10. The van der Waals surface area contributed by atoms with Gasteiger partial charge in [0.2, 0.25) is 0 Å². The number of aromatic nitrogens is 2. The number of sulfonamides is 1. The van der Waals surface area contributed by atoms with Crippen LogP contribution < -0.4 is 10.0 Å². The molecule has 1 fully saturated rings. The van der Waals surface area contributed by atoms with Gasteiger partial charge >= 0.3 is 0 Å². The molecule has 0 radical (unpaired) electrons. The van der Waals surface area contributed by atoms with Crippen molar-refractivity contribution in [3.63, 3.8) is 0 Å². The van der Waals surface area contributed by atoms with Gasteiger partial charge in [-0.2, -0.15) is 0 Å². The van der Waals surface area contributed by atoms with Crippen molar-refractivity contribution in [3.05, 3.63) is 82.0 Å². The zero-order valence-electron chi connectivity index (χ0n) is 17.2. The fraction of sp³-hybridized carbons (Fsp3) is 0.273. The molecule has 2 N–H and O–H groups in total. The van der Waals surface area contributed by atoms with Crippen molar-refractivity contribution in [1.29, 1.82) is 0 Å². The van der Waals surface area contributed by atoms with Gasteiger partial charge in [-0.25, -0.2) is 17.8 Å². The van der Waals surface area contributed by atoms with Gasteiger partial charge in [-0.3, -0.25) is 15.0 Å². The van der Waals surface area contributed by atoms with Crippen molar-refractivity contribution in [2.75, 3.05) is 4.72 Å². The van der Waals surface area contributed by atoms with Crippen LogP contribution in [-0.2, 0) is 15.4 Å². The van der Waals surface area contributed by atoms with Crippen LogP contribution in [0.2, 0.25) is 0 Å². The van der Waals surface area contributed by atoms with Gasteiger partial charge in [-0.05, 0) is 62.8 Å². The monoisotopic (exact) mass is 504 g/mol. The van der Waals surface area contributed by atoms with Crippen LogP contribution in [0.1, 0.15) is 49.7 Å². The van der Waals surface area contributed by atoms with Gasteiger partial charge in [0.25, 0.3) is 10.0 Å². The van der Waals surface area contributed by atoms with E-state index in [0.29, 0.717) is 11.3 Å². The number of anilines is 1. The van der Waals surface area contributed by atoms with Gasteiger partial charge in [0.05, 0.1) is 28.9 Å². The maximum Gasteiger partial charge on any atom is 0.263 e. The first-order valence-corrected chi connectivity index (χ1v) is 12.0. The molecule has 0 amide bonds. The minimum Gasteiger partial charge on any atom is -0.298 e. The Morgan fingerprint density at radius 3 is 2.42 bits per heavy atom. The summed E-state index contributed by atoms with van der Waals surface area (Å²) in [6.45, 7) is 6.21. The molecule has 0 aliphatic carbocycles. The summed E-state index contributed by atoms with van der Waals surface area (Å²) < 4.78 is 42.4. The molecule has 9 heteroatoms. The van der Waals surface area contributed by atoms with Crippen LogP contribution in [0, 0.1) is 5.82 Å². The zero-order valence-corrected chi connectivity index (χ0v) is 19.6. The quantitative estimate of drug-likeness (QED) is 0.483. The van der Waals surface area contributed by atoms with Crippen LogP contribution in [0.4, 0.5) is 10.2 Å². The van der Waals surface area contributed by atoms with Gasteiger partial charge in [-0.15, -0.1) is 0 Å². The average Bonchev–Trinajstić information content (AvgIpc) is 3.49. The van der Waals surface area contributed by atoms with Gasteiger partial charge in [0, 0.05) is 10.7 Å². The average molecular weight is 505 g/mol. The van der Waals surface area contributed by atoms with Crippen LogP contribution >= 0.6 is 15.9 Å². The Bertz CT molecular complexity index is 1230. The van der Waals surface area contributed by atoms with E-state index >= 15 is 0 Å². The lowest BCUT2D eigenvalue weighted by Crippen LogP contribution is -2.16. The van der Waals surface area contributed by atoms with E-state index in [-0.39, 0.29) is 28.2 Å². The summed E-state index contributed by atoms with van der Waals surface area (Å²) in [5.41, 5.74) is 2.33. The first-order chi connectivity index (χ1) is 14.5. The second-order valence-electron chi connectivity index (χ2n) is 8.50. The third-order valence-electron chi connectivity index (χ3n) is 5.11. The summed E-state index contributed by atoms with van der Waals surface area (Å²) >= 11 is 3.47. The van der Waals surface area contributed by atoms with E-state index in [9.17, 15) is 12.8 Å². The number of hydrogen-bond donors (Lipinski definition) is 2. The summed E-state index contributed by atoms with van der Waals surface area (Å²) in [5, 5.41) is 3.24. The smallest absolute Gasteiger partial charge is 0.263 e. The number of halogens is 2. The Morgan fingerprint density at radius 2 is 1.77 bits per heavy atom. The van der Waals surface area contributed by atoms with Crippen LogP contribution in [0.15, 0.2) is 64.2 Å². The lowest BCUT2D eigenvalue weighted by molar-refractivity contribution is 0.587. The number of rotatable bonds is 5. The number of benzene rings is 1. The molecule has 4 rings (SSSR count). The van der Waals surface area contributed by atoms with Crippen LogP contribution in [0.5, 0.6) is 0 Å². The maximum atomic E-state index is 13.5. The van der Waals surface area contributed by atoms with E-state index in [1.165, 1.54) is 6.07 Å². The standard InChI is InChI=1S/C22H22BrFN4O2S/c1-22(2,3)14-4-6-16(7-5-14)31(29,30)28-18-9-8-17(23)20(26-18)21-19(27-21)13-10-15(24)12-25-11-13/h4-12,19,21,27H,1-3H3,(H,26,28). The molecule has 1 aliphatic heterocycles. The van der Waals surface area contributed by atoms with Crippen LogP contribution in [-0.4, -0.2) is 18.4 Å². The Hall–Kier alpha value is -2.36. The third kappa shape index (κ3) is 4.78. The molecule has 2 unspecified atom stereocenters. The minimum absolute atomic E-state index is 0.0666. The SMILES string of the molecule is CC(C)(C)c1ccc(S(=O)(=O)Nc2ccc(Br)c(C3NC3c3cncc(F)c3)n2)cc1. The zero-order chi connectivity index (χ0) is 22.4.